The molecule has 1 saturated heterocycles. The molecule has 0 bridgehead atoms. The Hall–Kier alpha value is -2.84. The number of halogens is 1. The predicted molar refractivity (Wildman–Crippen MR) is 123 cm³/mol. The first-order chi connectivity index (χ1) is 15.4. The summed E-state index contributed by atoms with van der Waals surface area (Å²) < 4.78 is 32.9. The van der Waals surface area contributed by atoms with Crippen LogP contribution in [0, 0.1) is 0 Å². The van der Waals surface area contributed by atoms with Gasteiger partial charge in [0.05, 0.1) is 4.90 Å². The summed E-state index contributed by atoms with van der Waals surface area (Å²) in [5, 5.41) is 0.366. The SMILES string of the molecule is CCCC(=O)N1CCN(c2oc(-c3cccc(Cl)c3)nc2S(=O)(=O)c2ccccc2)CC1. The molecule has 0 N–H and O–H groups in total. The number of hydrogen-bond donors (Lipinski definition) is 0. The fourth-order valence-electron chi connectivity index (χ4n) is 3.66. The van der Waals surface area contributed by atoms with Crippen molar-refractivity contribution in [1.82, 2.24) is 9.88 Å². The van der Waals surface area contributed by atoms with Gasteiger partial charge in [-0.15, -0.1) is 0 Å². The maximum atomic E-state index is 13.4. The lowest BCUT2D eigenvalue weighted by molar-refractivity contribution is -0.131. The smallest absolute Gasteiger partial charge is 0.236 e. The van der Waals surface area contributed by atoms with Crippen LogP contribution in [0.1, 0.15) is 19.8 Å². The van der Waals surface area contributed by atoms with E-state index in [0.29, 0.717) is 43.2 Å². The molecule has 1 aromatic heterocycles. The van der Waals surface area contributed by atoms with Crippen molar-refractivity contribution in [2.24, 2.45) is 0 Å². The Kier molecular flexibility index (Phi) is 6.53. The number of rotatable bonds is 6. The van der Waals surface area contributed by atoms with Crippen molar-refractivity contribution in [3.63, 3.8) is 0 Å². The van der Waals surface area contributed by atoms with Crippen LogP contribution in [0.15, 0.2) is 68.9 Å². The second-order valence-electron chi connectivity index (χ2n) is 7.57. The van der Waals surface area contributed by atoms with Gasteiger partial charge in [0.15, 0.2) is 0 Å². The lowest BCUT2D eigenvalue weighted by atomic mass is 10.2. The topological polar surface area (TPSA) is 83.7 Å². The van der Waals surface area contributed by atoms with Crippen LogP contribution in [0.3, 0.4) is 0 Å². The van der Waals surface area contributed by atoms with Crippen LogP contribution >= 0.6 is 11.6 Å². The Labute approximate surface area is 192 Å². The molecule has 0 spiro atoms. The summed E-state index contributed by atoms with van der Waals surface area (Å²) in [5.74, 6) is 0.481. The molecule has 168 valence electrons. The van der Waals surface area contributed by atoms with Gasteiger partial charge in [0.2, 0.25) is 32.5 Å². The quantitative estimate of drug-likeness (QED) is 0.531. The van der Waals surface area contributed by atoms with Gasteiger partial charge in [0.1, 0.15) is 0 Å². The fourth-order valence-corrected chi connectivity index (χ4v) is 5.19. The Balaban J connectivity index is 1.72. The maximum absolute atomic E-state index is 13.4. The molecule has 1 fully saturated rings. The zero-order valence-corrected chi connectivity index (χ0v) is 19.3. The molecule has 1 aliphatic rings. The van der Waals surface area contributed by atoms with Gasteiger partial charge in [-0.25, -0.2) is 8.42 Å². The number of nitrogens with zero attached hydrogens (tertiary/aromatic N) is 3. The second-order valence-corrected chi connectivity index (χ2v) is 9.88. The van der Waals surface area contributed by atoms with Crippen LogP contribution in [0.5, 0.6) is 0 Å². The van der Waals surface area contributed by atoms with Gasteiger partial charge < -0.3 is 14.2 Å². The van der Waals surface area contributed by atoms with Gasteiger partial charge in [0, 0.05) is 43.2 Å². The number of oxazole rings is 1. The van der Waals surface area contributed by atoms with Crippen molar-refractivity contribution in [3.05, 3.63) is 59.6 Å². The number of anilines is 1. The molecule has 1 amide bonds. The first-order valence-corrected chi connectivity index (χ1v) is 12.4. The van der Waals surface area contributed by atoms with Crippen molar-refractivity contribution >= 4 is 33.2 Å². The normalized spacial score (nSPS) is 14.6. The first-order valence-electron chi connectivity index (χ1n) is 10.5. The Morgan fingerprint density at radius 3 is 2.44 bits per heavy atom. The monoisotopic (exact) mass is 473 g/mol. The molecular weight excluding hydrogens is 450 g/mol. The molecule has 4 rings (SSSR count). The Morgan fingerprint density at radius 2 is 1.78 bits per heavy atom. The van der Waals surface area contributed by atoms with Crippen molar-refractivity contribution < 1.29 is 17.6 Å². The van der Waals surface area contributed by atoms with E-state index >= 15 is 0 Å². The van der Waals surface area contributed by atoms with Crippen LogP contribution < -0.4 is 4.90 Å². The minimum Gasteiger partial charge on any atom is -0.419 e. The molecule has 2 aromatic carbocycles. The van der Waals surface area contributed by atoms with Crippen molar-refractivity contribution in [1.29, 1.82) is 0 Å². The van der Waals surface area contributed by atoms with Gasteiger partial charge in [0.25, 0.3) is 0 Å². The predicted octanol–water partition coefficient (Wildman–Crippen LogP) is 4.28. The molecule has 0 unspecified atom stereocenters. The highest BCUT2D eigenvalue weighted by Gasteiger charge is 2.33. The number of sulfone groups is 1. The van der Waals surface area contributed by atoms with E-state index in [2.05, 4.69) is 4.98 Å². The molecule has 1 aliphatic heterocycles. The van der Waals surface area contributed by atoms with Crippen molar-refractivity contribution in [2.75, 3.05) is 31.1 Å². The molecule has 2 heterocycles. The summed E-state index contributed by atoms with van der Waals surface area (Å²) in [5.41, 5.74) is 0.588. The number of amides is 1. The van der Waals surface area contributed by atoms with Gasteiger partial charge in [-0.2, -0.15) is 4.98 Å². The molecule has 0 radical (unpaired) electrons. The van der Waals surface area contributed by atoms with Gasteiger partial charge in [-0.1, -0.05) is 42.8 Å². The molecule has 3 aromatic rings. The molecule has 0 aliphatic carbocycles. The summed E-state index contributed by atoms with van der Waals surface area (Å²) >= 11 is 6.11. The average molecular weight is 474 g/mol. The molecule has 0 atom stereocenters. The lowest BCUT2D eigenvalue weighted by Gasteiger charge is -2.34. The van der Waals surface area contributed by atoms with Gasteiger partial charge >= 0.3 is 0 Å². The third kappa shape index (κ3) is 4.52. The van der Waals surface area contributed by atoms with E-state index in [1.54, 1.807) is 47.4 Å². The summed E-state index contributed by atoms with van der Waals surface area (Å²) in [4.78, 5) is 20.4. The number of carbonyl (C=O) groups is 1. The third-order valence-electron chi connectivity index (χ3n) is 5.34. The highest BCUT2D eigenvalue weighted by Crippen LogP contribution is 2.35. The largest absolute Gasteiger partial charge is 0.419 e. The minimum atomic E-state index is -3.91. The van der Waals surface area contributed by atoms with Crippen LogP contribution in [0.4, 0.5) is 5.88 Å². The molecule has 0 saturated carbocycles. The minimum absolute atomic E-state index is 0.112. The third-order valence-corrected chi connectivity index (χ3v) is 7.25. The van der Waals surface area contributed by atoms with Crippen molar-refractivity contribution in [3.8, 4) is 11.5 Å². The summed E-state index contributed by atoms with van der Waals surface area (Å²) in [6.45, 7) is 3.88. The standard InChI is InChI=1S/C23H24ClN3O4S/c1-2-7-20(28)26-12-14-27(15-13-26)23-22(32(29,30)19-10-4-3-5-11-19)25-21(31-23)17-8-6-9-18(24)16-17/h3-6,8-11,16H,2,7,12-15H2,1H3. The lowest BCUT2D eigenvalue weighted by Crippen LogP contribution is -2.48. The van der Waals surface area contributed by atoms with Crippen LogP contribution in [-0.4, -0.2) is 50.4 Å². The van der Waals surface area contributed by atoms with Gasteiger partial charge in [-0.05, 0) is 36.8 Å². The fraction of sp³-hybridized carbons (Fsp3) is 0.304. The zero-order valence-electron chi connectivity index (χ0n) is 17.7. The Bertz CT molecular complexity index is 1200. The first kappa shape index (κ1) is 22.4. The Morgan fingerprint density at radius 1 is 1.06 bits per heavy atom. The zero-order chi connectivity index (χ0) is 22.7. The van der Waals surface area contributed by atoms with E-state index in [-0.39, 0.29) is 27.6 Å². The van der Waals surface area contributed by atoms with Crippen LogP contribution in [-0.2, 0) is 14.6 Å². The number of piperazine rings is 1. The second kappa shape index (κ2) is 9.34. The molecule has 9 heteroatoms. The maximum Gasteiger partial charge on any atom is 0.236 e. The van der Waals surface area contributed by atoms with E-state index in [1.165, 1.54) is 12.1 Å². The summed E-state index contributed by atoms with van der Waals surface area (Å²) in [7, 11) is -3.91. The molecular formula is C23H24ClN3O4S. The van der Waals surface area contributed by atoms with Crippen molar-refractivity contribution in [2.45, 2.75) is 29.7 Å². The number of hydrogen-bond acceptors (Lipinski definition) is 6. The van der Waals surface area contributed by atoms with E-state index < -0.39 is 9.84 Å². The molecule has 32 heavy (non-hydrogen) atoms. The summed E-state index contributed by atoms with van der Waals surface area (Å²) in [6, 6.07) is 15.1. The van der Waals surface area contributed by atoms with E-state index in [4.69, 9.17) is 16.0 Å². The van der Waals surface area contributed by atoms with E-state index in [0.717, 1.165) is 6.42 Å². The average Bonchev–Trinajstić information content (AvgIpc) is 3.26. The highest BCUT2D eigenvalue weighted by molar-refractivity contribution is 7.91. The highest BCUT2D eigenvalue weighted by atomic mass is 35.5. The van der Waals surface area contributed by atoms with E-state index in [9.17, 15) is 13.2 Å². The van der Waals surface area contributed by atoms with E-state index in [1.807, 2.05) is 11.8 Å². The molecule has 7 nitrogen and oxygen atoms in total. The van der Waals surface area contributed by atoms with Gasteiger partial charge in [-0.3, -0.25) is 4.79 Å². The van der Waals surface area contributed by atoms with Crippen LogP contribution in [0.2, 0.25) is 5.02 Å². The number of carbonyl (C=O) groups excluding carboxylic acids is 1. The number of benzene rings is 2. The van der Waals surface area contributed by atoms with Crippen LogP contribution in [0.25, 0.3) is 11.5 Å². The summed E-state index contributed by atoms with van der Waals surface area (Å²) in [6.07, 6.45) is 1.30. The number of aromatic nitrogens is 1.